The molecule has 2 fully saturated rings. The Morgan fingerprint density at radius 1 is 1.22 bits per heavy atom. The molecule has 2 rings (SSSR count). The van der Waals surface area contributed by atoms with E-state index < -0.39 is 0 Å². The van der Waals surface area contributed by atoms with Crippen LogP contribution in [0.5, 0.6) is 0 Å². The number of amides is 1. The molecule has 158 valence electrons. The molecule has 1 amide bonds. The van der Waals surface area contributed by atoms with Crippen LogP contribution in [0.1, 0.15) is 65.7 Å². The maximum absolute atomic E-state index is 11.8. The summed E-state index contributed by atoms with van der Waals surface area (Å²) in [6, 6.07) is 0.292. The Balaban J connectivity index is 0.00000364. The second-order valence-corrected chi connectivity index (χ2v) is 7.41. The van der Waals surface area contributed by atoms with E-state index >= 15 is 0 Å². The molecule has 27 heavy (non-hydrogen) atoms. The van der Waals surface area contributed by atoms with Crippen molar-refractivity contribution in [2.45, 2.75) is 77.9 Å². The van der Waals surface area contributed by atoms with Crippen LogP contribution >= 0.6 is 24.0 Å². The van der Waals surface area contributed by atoms with Crippen molar-refractivity contribution in [2.75, 3.05) is 32.8 Å². The van der Waals surface area contributed by atoms with E-state index in [-0.39, 0.29) is 29.9 Å². The van der Waals surface area contributed by atoms with Crippen LogP contribution in [-0.2, 0) is 9.53 Å². The van der Waals surface area contributed by atoms with Gasteiger partial charge in [0.25, 0.3) is 0 Å². The van der Waals surface area contributed by atoms with Gasteiger partial charge in [-0.2, -0.15) is 0 Å². The highest BCUT2D eigenvalue weighted by Crippen LogP contribution is 2.30. The smallest absolute Gasteiger partial charge is 0.222 e. The first-order valence-corrected chi connectivity index (χ1v) is 10.6. The molecule has 2 N–H and O–H groups in total. The normalized spacial score (nSPS) is 21.8. The molecule has 0 spiro atoms. The standard InChI is InChI=1S/C20H38N4O2.HI/c1-4-19(25)24-14-12-17(15-24)23-20(21-5-2)22-13-11-18(26-6-3)16-9-7-8-10-16;/h16-18H,4-15H2,1-3H3,(H2,21,22,23);1H. The number of hydrogen-bond acceptors (Lipinski definition) is 3. The van der Waals surface area contributed by atoms with Crippen molar-refractivity contribution in [3.8, 4) is 0 Å². The van der Waals surface area contributed by atoms with Gasteiger partial charge in [-0.1, -0.05) is 19.8 Å². The van der Waals surface area contributed by atoms with Gasteiger partial charge in [0.15, 0.2) is 5.96 Å². The number of rotatable bonds is 9. The quantitative estimate of drug-likeness (QED) is 0.294. The molecule has 7 heteroatoms. The fourth-order valence-electron chi connectivity index (χ4n) is 4.14. The lowest BCUT2D eigenvalue weighted by molar-refractivity contribution is -0.129. The summed E-state index contributed by atoms with van der Waals surface area (Å²) < 4.78 is 6.00. The highest BCUT2D eigenvalue weighted by Gasteiger charge is 2.26. The molecule has 0 aromatic heterocycles. The number of aliphatic imine (C=N–C) groups is 1. The molecular formula is C20H39IN4O2. The summed E-state index contributed by atoms with van der Waals surface area (Å²) >= 11 is 0. The first kappa shape index (κ1) is 24.5. The molecule has 0 bridgehead atoms. The Labute approximate surface area is 182 Å². The third-order valence-electron chi connectivity index (χ3n) is 5.52. The molecule has 0 aromatic carbocycles. The fraction of sp³-hybridized carbons (Fsp3) is 0.900. The molecule has 1 aliphatic heterocycles. The maximum Gasteiger partial charge on any atom is 0.222 e. The second kappa shape index (κ2) is 13.6. The van der Waals surface area contributed by atoms with Crippen molar-refractivity contribution in [3.63, 3.8) is 0 Å². The zero-order valence-electron chi connectivity index (χ0n) is 17.3. The molecule has 0 aromatic rings. The van der Waals surface area contributed by atoms with Crippen molar-refractivity contribution >= 4 is 35.8 Å². The van der Waals surface area contributed by atoms with Crippen LogP contribution in [0, 0.1) is 5.92 Å². The molecule has 2 aliphatic rings. The number of ether oxygens (including phenoxy) is 1. The lowest BCUT2D eigenvalue weighted by Gasteiger charge is -2.23. The Morgan fingerprint density at radius 2 is 1.96 bits per heavy atom. The lowest BCUT2D eigenvalue weighted by Crippen LogP contribution is -2.45. The fourth-order valence-corrected chi connectivity index (χ4v) is 4.14. The van der Waals surface area contributed by atoms with Gasteiger partial charge in [0, 0.05) is 45.2 Å². The molecule has 1 heterocycles. The summed E-state index contributed by atoms with van der Waals surface area (Å²) in [5.74, 6) is 1.82. The van der Waals surface area contributed by atoms with Gasteiger partial charge in [-0.15, -0.1) is 24.0 Å². The van der Waals surface area contributed by atoms with Gasteiger partial charge in [-0.25, -0.2) is 0 Å². The van der Waals surface area contributed by atoms with Crippen molar-refractivity contribution in [1.29, 1.82) is 0 Å². The third kappa shape index (κ3) is 8.13. The van der Waals surface area contributed by atoms with Crippen molar-refractivity contribution < 1.29 is 9.53 Å². The van der Waals surface area contributed by atoms with Gasteiger partial charge < -0.3 is 20.3 Å². The number of nitrogens with zero attached hydrogens (tertiary/aromatic N) is 2. The predicted octanol–water partition coefficient (Wildman–Crippen LogP) is 3.16. The van der Waals surface area contributed by atoms with E-state index in [4.69, 9.17) is 9.73 Å². The average Bonchev–Trinajstić information content (AvgIpc) is 3.32. The Morgan fingerprint density at radius 3 is 2.59 bits per heavy atom. The van der Waals surface area contributed by atoms with E-state index in [2.05, 4.69) is 24.5 Å². The number of hydrogen-bond donors (Lipinski definition) is 2. The van der Waals surface area contributed by atoms with Gasteiger partial charge in [-0.05, 0) is 45.4 Å². The maximum atomic E-state index is 11.8. The zero-order chi connectivity index (χ0) is 18.8. The number of carbonyl (C=O) groups excluding carboxylic acids is 1. The topological polar surface area (TPSA) is 66.0 Å². The van der Waals surface area contributed by atoms with Crippen LogP contribution < -0.4 is 10.6 Å². The summed E-state index contributed by atoms with van der Waals surface area (Å²) in [4.78, 5) is 18.6. The largest absolute Gasteiger partial charge is 0.378 e. The van der Waals surface area contributed by atoms with E-state index in [0.717, 1.165) is 51.6 Å². The summed E-state index contributed by atoms with van der Waals surface area (Å²) in [5, 5.41) is 6.84. The van der Waals surface area contributed by atoms with Gasteiger partial charge in [0.05, 0.1) is 6.10 Å². The minimum Gasteiger partial charge on any atom is -0.378 e. The molecule has 2 unspecified atom stereocenters. The van der Waals surface area contributed by atoms with Crippen LogP contribution in [0.3, 0.4) is 0 Å². The van der Waals surface area contributed by atoms with Gasteiger partial charge in [-0.3, -0.25) is 9.79 Å². The predicted molar refractivity (Wildman–Crippen MR) is 122 cm³/mol. The Kier molecular flexibility index (Phi) is 12.3. The first-order chi connectivity index (χ1) is 12.7. The second-order valence-electron chi connectivity index (χ2n) is 7.41. The van der Waals surface area contributed by atoms with Crippen LogP contribution in [-0.4, -0.2) is 61.7 Å². The van der Waals surface area contributed by atoms with Crippen molar-refractivity contribution in [1.82, 2.24) is 15.5 Å². The molecular weight excluding hydrogens is 455 g/mol. The number of nitrogens with one attached hydrogen (secondary N) is 2. The van der Waals surface area contributed by atoms with Crippen molar-refractivity contribution in [3.05, 3.63) is 0 Å². The summed E-state index contributed by atoms with van der Waals surface area (Å²) in [6.45, 7) is 10.1. The van der Waals surface area contributed by atoms with Crippen LogP contribution in [0.25, 0.3) is 0 Å². The monoisotopic (exact) mass is 494 g/mol. The first-order valence-electron chi connectivity index (χ1n) is 10.6. The molecule has 1 aliphatic carbocycles. The molecule has 0 radical (unpaired) electrons. The molecule has 2 atom stereocenters. The highest BCUT2D eigenvalue weighted by atomic mass is 127. The molecule has 1 saturated heterocycles. The van der Waals surface area contributed by atoms with E-state index in [1.165, 1.54) is 25.7 Å². The molecule has 1 saturated carbocycles. The van der Waals surface area contributed by atoms with Crippen LogP contribution in [0.15, 0.2) is 4.99 Å². The third-order valence-corrected chi connectivity index (χ3v) is 5.52. The SMILES string of the molecule is CCNC(=NCCC(OCC)C1CCCC1)NC1CCN(C(=O)CC)C1.I. The van der Waals surface area contributed by atoms with Gasteiger partial charge >= 0.3 is 0 Å². The van der Waals surface area contributed by atoms with Crippen molar-refractivity contribution in [2.24, 2.45) is 10.9 Å². The summed E-state index contributed by atoms with van der Waals surface area (Å²) in [5.41, 5.74) is 0. The number of halogens is 1. The van der Waals surface area contributed by atoms with E-state index in [0.29, 0.717) is 24.5 Å². The van der Waals surface area contributed by atoms with E-state index in [1.807, 2.05) is 11.8 Å². The summed E-state index contributed by atoms with van der Waals surface area (Å²) in [6.07, 6.45) is 8.19. The minimum atomic E-state index is 0. The Bertz CT molecular complexity index is 455. The molecule has 6 nitrogen and oxygen atoms in total. The number of carbonyl (C=O) groups is 1. The number of likely N-dealkylation sites (tertiary alicyclic amines) is 1. The van der Waals surface area contributed by atoms with Crippen LogP contribution in [0.2, 0.25) is 0 Å². The van der Waals surface area contributed by atoms with E-state index in [1.54, 1.807) is 0 Å². The van der Waals surface area contributed by atoms with E-state index in [9.17, 15) is 4.79 Å². The summed E-state index contributed by atoms with van der Waals surface area (Å²) in [7, 11) is 0. The average molecular weight is 494 g/mol. The zero-order valence-corrected chi connectivity index (χ0v) is 19.7. The van der Waals surface area contributed by atoms with Gasteiger partial charge in [0.2, 0.25) is 5.91 Å². The lowest BCUT2D eigenvalue weighted by atomic mass is 9.98. The minimum absolute atomic E-state index is 0. The highest BCUT2D eigenvalue weighted by molar-refractivity contribution is 14.0. The number of guanidine groups is 1. The van der Waals surface area contributed by atoms with Gasteiger partial charge in [0.1, 0.15) is 0 Å². The van der Waals surface area contributed by atoms with Crippen LogP contribution in [0.4, 0.5) is 0 Å². The Hall–Kier alpha value is -0.570.